The largest absolute Gasteiger partial charge is 0.460 e. The molecular weight excluding hydrogens is 180 g/mol. The Hall–Kier alpha value is -1.50. The number of carbonyl (C=O) groups excluding carboxylic acids is 1. The molecule has 0 saturated carbocycles. The molecule has 1 aliphatic rings. The second-order valence-corrected chi connectivity index (χ2v) is 3.57. The van der Waals surface area contributed by atoms with E-state index in [4.69, 9.17) is 10.00 Å². The molecule has 1 amide bonds. The van der Waals surface area contributed by atoms with Gasteiger partial charge >= 0.3 is 0 Å². The van der Waals surface area contributed by atoms with Crippen LogP contribution in [0.3, 0.4) is 0 Å². The molecule has 1 aliphatic heterocycles. The van der Waals surface area contributed by atoms with Gasteiger partial charge in [-0.2, -0.15) is 5.26 Å². The number of ether oxygens (including phenoxy) is 1. The molecule has 0 fully saturated rings. The quantitative estimate of drug-likeness (QED) is 0.684. The molecule has 0 spiro atoms. The van der Waals surface area contributed by atoms with Crippen LogP contribution in [0.25, 0.3) is 0 Å². The van der Waals surface area contributed by atoms with Gasteiger partial charge in [0.1, 0.15) is 6.07 Å². The van der Waals surface area contributed by atoms with E-state index in [0.29, 0.717) is 5.76 Å². The minimum Gasteiger partial charge on any atom is -0.460 e. The maximum absolute atomic E-state index is 10.8. The molecule has 0 aromatic rings. The van der Waals surface area contributed by atoms with Crippen LogP contribution < -0.4 is 5.32 Å². The van der Waals surface area contributed by atoms with E-state index in [0.717, 1.165) is 12.0 Å². The number of nitrogens with zero attached hydrogens (tertiary/aromatic N) is 1. The monoisotopic (exact) mass is 194 g/mol. The Morgan fingerprint density at radius 1 is 1.71 bits per heavy atom. The first-order chi connectivity index (χ1) is 6.54. The lowest BCUT2D eigenvalue weighted by Gasteiger charge is -2.28. The summed E-state index contributed by atoms with van der Waals surface area (Å²) in [6.07, 6.45) is 0.359. The van der Waals surface area contributed by atoms with Crippen LogP contribution in [-0.2, 0) is 9.53 Å². The number of nitriles is 1. The van der Waals surface area contributed by atoms with E-state index in [1.165, 1.54) is 6.92 Å². The normalized spacial score (nSPS) is 26.4. The third-order valence-electron chi connectivity index (χ3n) is 2.39. The van der Waals surface area contributed by atoms with E-state index in [-0.39, 0.29) is 18.1 Å². The van der Waals surface area contributed by atoms with Crippen molar-refractivity contribution in [2.24, 2.45) is 5.92 Å². The summed E-state index contributed by atoms with van der Waals surface area (Å²) in [6, 6.07) is 1.99. The van der Waals surface area contributed by atoms with Gasteiger partial charge in [-0.25, -0.2) is 0 Å². The average Bonchev–Trinajstić information content (AvgIpc) is 2.10. The Morgan fingerprint density at radius 3 is 2.86 bits per heavy atom. The molecule has 1 heterocycles. The number of nitrogens with one attached hydrogen (secondary N) is 1. The smallest absolute Gasteiger partial charge is 0.219 e. The molecule has 4 nitrogen and oxygen atoms in total. The van der Waals surface area contributed by atoms with Crippen molar-refractivity contribution in [3.8, 4) is 6.07 Å². The van der Waals surface area contributed by atoms with Gasteiger partial charge in [0.25, 0.3) is 0 Å². The minimum absolute atomic E-state index is 0.140. The highest BCUT2D eigenvalue weighted by molar-refractivity contribution is 5.73. The summed E-state index contributed by atoms with van der Waals surface area (Å²) in [5.74, 6) is 0.469. The number of hydrogen-bond acceptors (Lipinski definition) is 3. The predicted octanol–water partition coefficient (Wildman–Crippen LogP) is 1.30. The fourth-order valence-electron chi connectivity index (χ4n) is 1.43. The molecule has 0 aliphatic carbocycles. The van der Waals surface area contributed by atoms with Crippen LogP contribution in [0, 0.1) is 17.2 Å². The summed E-state index contributed by atoms with van der Waals surface area (Å²) >= 11 is 0. The number of allylic oxidation sites excluding steroid dienone is 2. The molecule has 0 aromatic carbocycles. The molecule has 1 N–H and O–H groups in total. The van der Waals surface area contributed by atoms with Crippen LogP contribution in [0.2, 0.25) is 0 Å². The van der Waals surface area contributed by atoms with Crippen LogP contribution in [0.1, 0.15) is 27.2 Å². The lowest BCUT2D eigenvalue weighted by Crippen LogP contribution is -2.39. The standard InChI is InChI=1S/C10H14N2O2/c1-6-4-10(12-8(3)13)14-9(5-11)7(6)2/h6,10H,4H2,1-3H3,(H,12,13)/t6-,10-/m1/s1. The van der Waals surface area contributed by atoms with Crippen molar-refractivity contribution in [3.63, 3.8) is 0 Å². The summed E-state index contributed by atoms with van der Waals surface area (Å²) in [6.45, 7) is 5.34. The van der Waals surface area contributed by atoms with Gasteiger partial charge in [0, 0.05) is 13.3 Å². The number of hydrogen-bond donors (Lipinski definition) is 1. The number of carbonyl (C=O) groups is 1. The maximum atomic E-state index is 10.8. The van der Waals surface area contributed by atoms with Crippen LogP contribution in [0.5, 0.6) is 0 Å². The molecule has 14 heavy (non-hydrogen) atoms. The molecule has 0 saturated heterocycles. The summed E-state index contributed by atoms with van der Waals surface area (Å²) in [5, 5.41) is 11.4. The zero-order valence-corrected chi connectivity index (χ0v) is 8.63. The van der Waals surface area contributed by atoms with Crippen molar-refractivity contribution in [3.05, 3.63) is 11.3 Å². The van der Waals surface area contributed by atoms with Gasteiger partial charge in [0.2, 0.25) is 5.91 Å². The van der Waals surface area contributed by atoms with E-state index in [2.05, 4.69) is 5.32 Å². The molecule has 0 aromatic heterocycles. The lowest BCUT2D eigenvalue weighted by atomic mass is 9.95. The first kappa shape index (κ1) is 10.6. The highest BCUT2D eigenvalue weighted by Crippen LogP contribution is 2.27. The van der Waals surface area contributed by atoms with Gasteiger partial charge in [0.15, 0.2) is 12.0 Å². The predicted molar refractivity (Wildman–Crippen MR) is 50.8 cm³/mol. The Kier molecular flexibility index (Phi) is 3.13. The second kappa shape index (κ2) is 4.14. The van der Waals surface area contributed by atoms with E-state index in [1.54, 1.807) is 0 Å². The third kappa shape index (κ3) is 2.25. The summed E-state index contributed by atoms with van der Waals surface area (Å²) in [7, 11) is 0. The molecule has 4 heteroatoms. The molecule has 0 radical (unpaired) electrons. The summed E-state index contributed by atoms with van der Waals surface area (Å²) in [4.78, 5) is 10.8. The van der Waals surface area contributed by atoms with Gasteiger partial charge in [-0.05, 0) is 18.4 Å². The maximum Gasteiger partial charge on any atom is 0.219 e. The molecule has 2 atom stereocenters. The summed E-state index contributed by atoms with van der Waals surface area (Å²) in [5.41, 5.74) is 0.953. The molecule has 76 valence electrons. The fourth-order valence-corrected chi connectivity index (χ4v) is 1.43. The van der Waals surface area contributed by atoms with Crippen molar-refractivity contribution in [2.45, 2.75) is 33.4 Å². The topological polar surface area (TPSA) is 62.1 Å². The highest BCUT2D eigenvalue weighted by atomic mass is 16.5. The van der Waals surface area contributed by atoms with E-state index < -0.39 is 0 Å². The van der Waals surface area contributed by atoms with Gasteiger partial charge in [-0.1, -0.05) is 6.92 Å². The van der Waals surface area contributed by atoms with E-state index in [1.807, 2.05) is 19.9 Å². The van der Waals surface area contributed by atoms with Gasteiger partial charge < -0.3 is 10.1 Å². The minimum atomic E-state index is -0.360. The molecule has 0 bridgehead atoms. The Labute approximate surface area is 83.5 Å². The van der Waals surface area contributed by atoms with Crippen LogP contribution >= 0.6 is 0 Å². The zero-order valence-electron chi connectivity index (χ0n) is 8.63. The van der Waals surface area contributed by atoms with Crippen LogP contribution in [-0.4, -0.2) is 12.1 Å². The Balaban J connectivity index is 2.75. The molecule has 0 unspecified atom stereocenters. The number of amides is 1. The lowest BCUT2D eigenvalue weighted by molar-refractivity contribution is -0.122. The van der Waals surface area contributed by atoms with Crippen molar-refractivity contribution >= 4 is 5.91 Å². The summed E-state index contributed by atoms with van der Waals surface area (Å²) < 4.78 is 5.32. The van der Waals surface area contributed by atoms with Gasteiger partial charge in [-0.3, -0.25) is 4.79 Å². The molecule has 1 rings (SSSR count). The highest BCUT2D eigenvalue weighted by Gasteiger charge is 2.25. The van der Waals surface area contributed by atoms with E-state index >= 15 is 0 Å². The fraction of sp³-hybridized carbons (Fsp3) is 0.600. The zero-order chi connectivity index (χ0) is 10.7. The third-order valence-corrected chi connectivity index (χ3v) is 2.39. The van der Waals surface area contributed by atoms with Crippen molar-refractivity contribution < 1.29 is 9.53 Å². The number of rotatable bonds is 1. The van der Waals surface area contributed by atoms with Gasteiger partial charge in [-0.15, -0.1) is 0 Å². The first-order valence-corrected chi connectivity index (χ1v) is 4.59. The Morgan fingerprint density at radius 2 is 2.36 bits per heavy atom. The van der Waals surface area contributed by atoms with Crippen molar-refractivity contribution in [1.29, 1.82) is 5.26 Å². The SMILES string of the molecule is CC(=O)N[C@H]1C[C@@H](C)C(C)=C(C#N)O1. The van der Waals surface area contributed by atoms with Crippen LogP contribution in [0.15, 0.2) is 11.3 Å². The first-order valence-electron chi connectivity index (χ1n) is 4.59. The van der Waals surface area contributed by atoms with Crippen molar-refractivity contribution in [1.82, 2.24) is 5.32 Å². The van der Waals surface area contributed by atoms with E-state index in [9.17, 15) is 4.79 Å². The average molecular weight is 194 g/mol. The van der Waals surface area contributed by atoms with Crippen LogP contribution in [0.4, 0.5) is 0 Å². The second-order valence-electron chi connectivity index (χ2n) is 3.57. The molecular formula is C10H14N2O2. The van der Waals surface area contributed by atoms with Gasteiger partial charge in [0.05, 0.1) is 0 Å². The Bertz CT molecular complexity index is 315. The van der Waals surface area contributed by atoms with Crippen molar-refractivity contribution in [2.75, 3.05) is 0 Å².